The normalized spacial score (nSPS) is 11.9. The Kier molecular flexibility index (Phi) is 6.39. The molecular weight excluding hydrogens is 328 g/mol. The van der Waals surface area contributed by atoms with Gasteiger partial charge < -0.3 is 14.9 Å². The number of phenolic OH excluding ortho intramolecular Hbond substituents is 2. The SMILES string of the molecule is C=C/C(CC=CC)=C(/C)C(=O)c1ccc(Oc2cc(O)ccc2O)cc1. The molecule has 0 saturated heterocycles. The third kappa shape index (κ3) is 4.63. The zero-order valence-electron chi connectivity index (χ0n) is 14.9. The monoisotopic (exact) mass is 350 g/mol. The lowest BCUT2D eigenvalue weighted by Gasteiger charge is -2.09. The summed E-state index contributed by atoms with van der Waals surface area (Å²) < 4.78 is 5.55. The molecule has 0 amide bonds. The first-order valence-electron chi connectivity index (χ1n) is 8.24. The van der Waals surface area contributed by atoms with Gasteiger partial charge in [-0.2, -0.15) is 0 Å². The molecular formula is C22H22O4. The van der Waals surface area contributed by atoms with Gasteiger partial charge in [0.25, 0.3) is 0 Å². The summed E-state index contributed by atoms with van der Waals surface area (Å²) >= 11 is 0. The van der Waals surface area contributed by atoms with Crippen molar-refractivity contribution in [2.24, 2.45) is 0 Å². The van der Waals surface area contributed by atoms with E-state index in [0.717, 1.165) is 5.57 Å². The van der Waals surface area contributed by atoms with E-state index in [9.17, 15) is 15.0 Å². The average molecular weight is 350 g/mol. The third-order valence-electron chi connectivity index (χ3n) is 3.93. The van der Waals surface area contributed by atoms with Crippen molar-refractivity contribution in [3.63, 3.8) is 0 Å². The maximum absolute atomic E-state index is 12.6. The summed E-state index contributed by atoms with van der Waals surface area (Å²) in [5.41, 5.74) is 2.07. The number of phenols is 2. The summed E-state index contributed by atoms with van der Waals surface area (Å²) in [6.45, 7) is 7.50. The quantitative estimate of drug-likeness (QED) is 0.226. The van der Waals surface area contributed by atoms with Gasteiger partial charge in [-0.3, -0.25) is 4.79 Å². The van der Waals surface area contributed by atoms with Gasteiger partial charge in [-0.25, -0.2) is 0 Å². The molecule has 26 heavy (non-hydrogen) atoms. The zero-order valence-corrected chi connectivity index (χ0v) is 14.9. The van der Waals surface area contributed by atoms with E-state index in [2.05, 4.69) is 6.58 Å². The molecule has 0 spiro atoms. The van der Waals surface area contributed by atoms with Crippen LogP contribution in [-0.2, 0) is 0 Å². The first-order valence-corrected chi connectivity index (χ1v) is 8.24. The zero-order chi connectivity index (χ0) is 19.1. The number of ether oxygens (including phenoxy) is 1. The van der Waals surface area contributed by atoms with Crippen LogP contribution < -0.4 is 4.74 Å². The van der Waals surface area contributed by atoms with Crippen LogP contribution in [0, 0.1) is 0 Å². The molecule has 0 atom stereocenters. The molecule has 0 aliphatic carbocycles. The number of ketones is 1. The maximum atomic E-state index is 12.6. The summed E-state index contributed by atoms with van der Waals surface area (Å²) in [4.78, 5) is 12.6. The van der Waals surface area contributed by atoms with Crippen molar-refractivity contribution in [1.82, 2.24) is 0 Å². The second-order valence-corrected chi connectivity index (χ2v) is 5.74. The highest BCUT2D eigenvalue weighted by atomic mass is 16.5. The molecule has 2 aromatic carbocycles. The van der Waals surface area contributed by atoms with Gasteiger partial charge in [-0.05, 0) is 62.2 Å². The van der Waals surface area contributed by atoms with Crippen molar-refractivity contribution in [2.45, 2.75) is 20.3 Å². The molecule has 4 nitrogen and oxygen atoms in total. The van der Waals surface area contributed by atoms with Gasteiger partial charge >= 0.3 is 0 Å². The molecule has 2 N–H and O–H groups in total. The molecule has 4 heteroatoms. The van der Waals surface area contributed by atoms with Crippen molar-refractivity contribution in [2.75, 3.05) is 0 Å². The van der Waals surface area contributed by atoms with E-state index in [4.69, 9.17) is 4.74 Å². The van der Waals surface area contributed by atoms with E-state index in [1.807, 2.05) is 19.1 Å². The Balaban J connectivity index is 2.20. The Morgan fingerprint density at radius 1 is 1.15 bits per heavy atom. The molecule has 0 radical (unpaired) electrons. The van der Waals surface area contributed by atoms with Crippen LogP contribution in [0.5, 0.6) is 23.0 Å². The van der Waals surface area contributed by atoms with Gasteiger partial charge in [0, 0.05) is 17.2 Å². The van der Waals surface area contributed by atoms with Crippen LogP contribution in [0.2, 0.25) is 0 Å². The molecule has 0 aliphatic heterocycles. The van der Waals surface area contributed by atoms with Crippen LogP contribution >= 0.6 is 0 Å². The number of Topliss-reactive ketones (excluding diaryl/α,β-unsaturated/α-hetero) is 1. The fourth-order valence-corrected chi connectivity index (χ4v) is 2.38. The summed E-state index contributed by atoms with van der Waals surface area (Å²) in [5.74, 6) is 0.420. The van der Waals surface area contributed by atoms with Crippen LogP contribution in [0.3, 0.4) is 0 Å². The molecule has 0 aromatic heterocycles. The Bertz CT molecular complexity index is 858. The van der Waals surface area contributed by atoms with Crippen molar-refractivity contribution in [3.8, 4) is 23.0 Å². The molecule has 0 aliphatic rings. The number of aromatic hydroxyl groups is 2. The molecule has 0 heterocycles. The second kappa shape index (κ2) is 8.72. The van der Waals surface area contributed by atoms with Crippen LogP contribution in [-0.4, -0.2) is 16.0 Å². The summed E-state index contributed by atoms with van der Waals surface area (Å²) in [5, 5.41) is 19.2. The average Bonchev–Trinajstić information content (AvgIpc) is 2.65. The largest absolute Gasteiger partial charge is 0.508 e. The van der Waals surface area contributed by atoms with Crippen molar-refractivity contribution >= 4 is 5.78 Å². The predicted octanol–water partition coefficient (Wildman–Crippen LogP) is 5.54. The molecule has 0 fully saturated rings. The molecule has 0 unspecified atom stereocenters. The minimum atomic E-state index is -0.0821. The number of carbonyl (C=O) groups is 1. The lowest BCUT2D eigenvalue weighted by molar-refractivity contribution is 0.103. The van der Waals surface area contributed by atoms with Crippen molar-refractivity contribution in [1.29, 1.82) is 0 Å². The number of carbonyl (C=O) groups excluding carboxylic acids is 1. The standard InChI is InChI=1S/C22H22O4/c1-4-6-7-16(5-2)15(3)22(25)17-8-11-19(12-9-17)26-21-14-18(23)10-13-20(21)24/h4-6,8-14,23-24H,2,7H2,1,3H3/b6-4?,16-15+. The summed E-state index contributed by atoms with van der Waals surface area (Å²) in [6.07, 6.45) is 6.28. The topological polar surface area (TPSA) is 66.8 Å². The Morgan fingerprint density at radius 2 is 1.85 bits per heavy atom. The number of allylic oxidation sites excluding steroid dienone is 5. The lowest BCUT2D eigenvalue weighted by Crippen LogP contribution is -2.03. The number of hydrogen-bond donors (Lipinski definition) is 2. The number of rotatable bonds is 7. The van der Waals surface area contributed by atoms with Crippen molar-refractivity contribution in [3.05, 3.63) is 84.0 Å². The molecule has 2 aromatic rings. The predicted molar refractivity (Wildman–Crippen MR) is 103 cm³/mol. The molecule has 134 valence electrons. The van der Waals surface area contributed by atoms with E-state index < -0.39 is 0 Å². The molecule has 0 saturated carbocycles. The smallest absolute Gasteiger partial charge is 0.189 e. The second-order valence-electron chi connectivity index (χ2n) is 5.74. The maximum Gasteiger partial charge on any atom is 0.189 e. The highest BCUT2D eigenvalue weighted by molar-refractivity contribution is 6.09. The van der Waals surface area contributed by atoms with Crippen molar-refractivity contribution < 1.29 is 19.7 Å². The van der Waals surface area contributed by atoms with Gasteiger partial charge in [-0.1, -0.05) is 24.8 Å². The fraction of sp³-hybridized carbons (Fsp3) is 0.136. The molecule has 2 rings (SSSR count). The van der Waals surface area contributed by atoms with Crippen LogP contribution in [0.1, 0.15) is 30.6 Å². The van der Waals surface area contributed by atoms with E-state index >= 15 is 0 Å². The van der Waals surface area contributed by atoms with Crippen LogP contribution in [0.25, 0.3) is 0 Å². The minimum absolute atomic E-state index is 0.0107. The van der Waals surface area contributed by atoms with Gasteiger partial charge in [0.1, 0.15) is 11.5 Å². The number of hydrogen-bond acceptors (Lipinski definition) is 4. The van der Waals surface area contributed by atoms with E-state index in [-0.39, 0.29) is 23.0 Å². The van der Waals surface area contributed by atoms with Gasteiger partial charge in [0.2, 0.25) is 0 Å². The summed E-state index contributed by atoms with van der Waals surface area (Å²) in [6, 6.07) is 10.6. The third-order valence-corrected chi connectivity index (χ3v) is 3.93. The van der Waals surface area contributed by atoms with E-state index in [1.165, 1.54) is 18.2 Å². The number of benzene rings is 2. The Hall–Kier alpha value is -3.27. The molecule has 0 bridgehead atoms. The first-order chi connectivity index (χ1) is 12.5. The van der Waals surface area contributed by atoms with E-state index in [0.29, 0.717) is 23.3 Å². The minimum Gasteiger partial charge on any atom is -0.508 e. The Labute approximate surface area is 153 Å². The highest BCUT2D eigenvalue weighted by Gasteiger charge is 2.12. The first kappa shape index (κ1) is 19.1. The van der Waals surface area contributed by atoms with Gasteiger partial charge in [0.15, 0.2) is 17.3 Å². The lowest BCUT2D eigenvalue weighted by atomic mass is 9.98. The Morgan fingerprint density at radius 3 is 2.46 bits per heavy atom. The van der Waals surface area contributed by atoms with Crippen LogP contribution in [0.15, 0.2) is 78.4 Å². The van der Waals surface area contributed by atoms with Crippen LogP contribution in [0.4, 0.5) is 0 Å². The highest BCUT2D eigenvalue weighted by Crippen LogP contribution is 2.33. The van der Waals surface area contributed by atoms with E-state index in [1.54, 1.807) is 37.3 Å². The van der Waals surface area contributed by atoms with Gasteiger partial charge in [-0.15, -0.1) is 0 Å². The summed E-state index contributed by atoms with van der Waals surface area (Å²) in [7, 11) is 0. The fourth-order valence-electron chi connectivity index (χ4n) is 2.38. The van der Waals surface area contributed by atoms with Gasteiger partial charge in [0.05, 0.1) is 0 Å².